The molecule has 2 atom stereocenters. The first-order chi connectivity index (χ1) is 17.3. The monoisotopic (exact) mass is 530 g/mol. The molecule has 1 aliphatic heterocycles. The molecular formula is C26H28Cl2N4O4. The fourth-order valence-electron chi connectivity index (χ4n) is 4.46. The molecule has 190 valence electrons. The SMILES string of the molecule is CCOC(=O)CCC1CCCN1C(=O)c1ccc(C(=O)N[C@@H](C)c2nc3cc(Cl)ccc3[nH]2)cc1Cl. The number of nitrogens with one attached hydrogen (secondary N) is 2. The van der Waals surface area contributed by atoms with Crippen LogP contribution in [0.4, 0.5) is 0 Å². The van der Waals surface area contributed by atoms with E-state index in [2.05, 4.69) is 15.3 Å². The van der Waals surface area contributed by atoms with Crippen LogP contribution in [-0.4, -0.2) is 51.8 Å². The number of imidazole rings is 1. The van der Waals surface area contributed by atoms with Crippen LogP contribution in [0.25, 0.3) is 11.0 Å². The van der Waals surface area contributed by atoms with E-state index < -0.39 is 6.04 Å². The van der Waals surface area contributed by atoms with Gasteiger partial charge in [-0.2, -0.15) is 0 Å². The number of halogens is 2. The Balaban J connectivity index is 1.41. The van der Waals surface area contributed by atoms with Crippen molar-refractivity contribution in [2.45, 2.75) is 51.6 Å². The Morgan fingerprint density at radius 2 is 2.03 bits per heavy atom. The molecule has 2 N–H and O–H groups in total. The standard InChI is InChI=1S/C26H28Cl2N4O4/c1-3-36-23(33)11-8-18-5-4-12-32(18)26(35)19-9-6-16(13-20(19)28)25(34)29-15(2)24-30-21-10-7-17(27)14-22(21)31-24/h6-7,9-10,13-15,18H,3-5,8,11-12H2,1-2H3,(H,29,34)(H,30,31)/t15-,18?/m0/s1. The quantitative estimate of drug-likeness (QED) is 0.384. The summed E-state index contributed by atoms with van der Waals surface area (Å²) in [6.07, 6.45) is 2.51. The van der Waals surface area contributed by atoms with Crippen LogP contribution in [0.2, 0.25) is 10.0 Å². The number of benzene rings is 2. The van der Waals surface area contributed by atoms with Gasteiger partial charge in [-0.3, -0.25) is 14.4 Å². The predicted molar refractivity (Wildman–Crippen MR) is 138 cm³/mol. The molecular weight excluding hydrogens is 503 g/mol. The number of hydrogen-bond acceptors (Lipinski definition) is 5. The molecule has 4 rings (SSSR count). The van der Waals surface area contributed by atoms with Crippen LogP contribution in [-0.2, 0) is 9.53 Å². The molecule has 0 radical (unpaired) electrons. The maximum atomic E-state index is 13.2. The van der Waals surface area contributed by atoms with Gasteiger partial charge < -0.3 is 19.9 Å². The number of aromatic nitrogens is 2. The van der Waals surface area contributed by atoms with Gasteiger partial charge in [0.1, 0.15) is 5.82 Å². The zero-order chi connectivity index (χ0) is 25.8. The first-order valence-electron chi connectivity index (χ1n) is 12.0. The average Bonchev–Trinajstić information content (AvgIpc) is 3.49. The minimum absolute atomic E-state index is 0.0412. The van der Waals surface area contributed by atoms with Crippen LogP contribution in [0.5, 0.6) is 0 Å². The van der Waals surface area contributed by atoms with E-state index in [4.69, 9.17) is 27.9 Å². The van der Waals surface area contributed by atoms with E-state index in [0.29, 0.717) is 47.1 Å². The van der Waals surface area contributed by atoms with E-state index in [1.54, 1.807) is 36.1 Å². The second kappa shape index (κ2) is 11.3. The van der Waals surface area contributed by atoms with E-state index in [1.807, 2.05) is 13.0 Å². The van der Waals surface area contributed by atoms with E-state index in [-0.39, 0.29) is 35.3 Å². The normalized spacial score (nSPS) is 16.2. The molecule has 2 heterocycles. The highest BCUT2D eigenvalue weighted by Crippen LogP contribution is 2.27. The third-order valence-corrected chi connectivity index (χ3v) is 6.86. The lowest BCUT2D eigenvalue weighted by Crippen LogP contribution is -2.36. The van der Waals surface area contributed by atoms with Crippen LogP contribution in [0.1, 0.15) is 72.1 Å². The van der Waals surface area contributed by atoms with Gasteiger partial charge in [0.2, 0.25) is 0 Å². The predicted octanol–water partition coefficient (Wildman–Crippen LogP) is 5.31. The number of esters is 1. The Kier molecular flexibility index (Phi) is 8.16. The van der Waals surface area contributed by atoms with Crippen LogP contribution < -0.4 is 5.32 Å². The van der Waals surface area contributed by atoms with Crippen LogP contribution in [0.3, 0.4) is 0 Å². The Morgan fingerprint density at radius 3 is 2.78 bits per heavy atom. The van der Waals surface area contributed by atoms with Crippen molar-refractivity contribution in [3.63, 3.8) is 0 Å². The van der Waals surface area contributed by atoms with Crippen molar-refractivity contribution >= 4 is 52.0 Å². The number of amides is 2. The Labute approximate surface area is 219 Å². The molecule has 1 saturated heterocycles. The number of carbonyl (C=O) groups excluding carboxylic acids is 3. The number of likely N-dealkylation sites (tertiary alicyclic amines) is 1. The second-order valence-corrected chi connectivity index (χ2v) is 9.66. The number of aromatic amines is 1. The van der Waals surface area contributed by atoms with E-state index >= 15 is 0 Å². The zero-order valence-electron chi connectivity index (χ0n) is 20.1. The maximum Gasteiger partial charge on any atom is 0.305 e. The van der Waals surface area contributed by atoms with Crippen molar-refractivity contribution in [2.75, 3.05) is 13.2 Å². The number of carbonyl (C=O) groups is 3. The highest BCUT2D eigenvalue weighted by molar-refractivity contribution is 6.34. The van der Waals surface area contributed by atoms with Gasteiger partial charge in [0.15, 0.2) is 0 Å². The first-order valence-corrected chi connectivity index (χ1v) is 12.7. The van der Waals surface area contributed by atoms with Gasteiger partial charge in [-0.1, -0.05) is 23.2 Å². The highest BCUT2D eigenvalue weighted by Gasteiger charge is 2.31. The second-order valence-electron chi connectivity index (χ2n) is 8.81. The molecule has 0 saturated carbocycles. The first kappa shape index (κ1) is 26.0. The zero-order valence-corrected chi connectivity index (χ0v) is 21.7. The topological polar surface area (TPSA) is 104 Å². The van der Waals surface area contributed by atoms with Crippen molar-refractivity contribution in [3.8, 4) is 0 Å². The maximum absolute atomic E-state index is 13.2. The molecule has 36 heavy (non-hydrogen) atoms. The van der Waals surface area contributed by atoms with Crippen LogP contribution >= 0.6 is 23.2 Å². The Bertz CT molecular complexity index is 1290. The van der Waals surface area contributed by atoms with Crippen molar-refractivity contribution in [3.05, 3.63) is 63.4 Å². The summed E-state index contributed by atoms with van der Waals surface area (Å²) in [5.41, 5.74) is 2.21. The minimum Gasteiger partial charge on any atom is -0.466 e. The van der Waals surface area contributed by atoms with Crippen molar-refractivity contribution < 1.29 is 19.1 Å². The van der Waals surface area contributed by atoms with Gasteiger partial charge in [-0.25, -0.2) is 4.98 Å². The summed E-state index contributed by atoms with van der Waals surface area (Å²) >= 11 is 12.5. The molecule has 2 amide bonds. The number of fused-ring (bicyclic) bond motifs is 1. The molecule has 1 fully saturated rings. The van der Waals surface area contributed by atoms with Gasteiger partial charge in [0, 0.05) is 29.6 Å². The molecule has 1 aliphatic rings. The summed E-state index contributed by atoms with van der Waals surface area (Å²) in [6, 6.07) is 9.58. The molecule has 1 unspecified atom stereocenters. The lowest BCUT2D eigenvalue weighted by Gasteiger charge is -2.25. The summed E-state index contributed by atoms with van der Waals surface area (Å²) in [4.78, 5) is 47.3. The smallest absolute Gasteiger partial charge is 0.305 e. The summed E-state index contributed by atoms with van der Waals surface area (Å²) in [5.74, 6) is -0.199. The molecule has 0 aliphatic carbocycles. The number of ether oxygens (including phenoxy) is 1. The third-order valence-electron chi connectivity index (χ3n) is 6.31. The highest BCUT2D eigenvalue weighted by atomic mass is 35.5. The third kappa shape index (κ3) is 5.82. The van der Waals surface area contributed by atoms with Crippen LogP contribution in [0.15, 0.2) is 36.4 Å². The Hall–Kier alpha value is -3.10. The fourth-order valence-corrected chi connectivity index (χ4v) is 4.89. The fraction of sp³-hybridized carbons (Fsp3) is 0.385. The number of hydrogen-bond donors (Lipinski definition) is 2. The Morgan fingerprint density at radius 1 is 1.22 bits per heavy atom. The number of nitrogens with zero attached hydrogens (tertiary/aromatic N) is 2. The lowest BCUT2D eigenvalue weighted by molar-refractivity contribution is -0.143. The van der Waals surface area contributed by atoms with E-state index in [9.17, 15) is 14.4 Å². The van der Waals surface area contributed by atoms with Gasteiger partial charge in [0.25, 0.3) is 11.8 Å². The number of rotatable bonds is 8. The van der Waals surface area contributed by atoms with Crippen molar-refractivity contribution in [1.29, 1.82) is 0 Å². The molecule has 0 spiro atoms. The molecule has 2 aromatic carbocycles. The lowest BCUT2D eigenvalue weighted by atomic mass is 10.1. The van der Waals surface area contributed by atoms with Crippen LogP contribution in [0, 0.1) is 0 Å². The van der Waals surface area contributed by atoms with Gasteiger partial charge in [-0.15, -0.1) is 0 Å². The molecule has 3 aromatic rings. The molecule has 1 aromatic heterocycles. The average molecular weight is 531 g/mol. The molecule has 8 nitrogen and oxygen atoms in total. The number of H-pyrrole nitrogens is 1. The van der Waals surface area contributed by atoms with Gasteiger partial charge >= 0.3 is 5.97 Å². The summed E-state index contributed by atoms with van der Waals surface area (Å²) in [7, 11) is 0. The molecule has 10 heteroatoms. The van der Waals surface area contributed by atoms with Gasteiger partial charge in [0.05, 0.1) is 34.3 Å². The minimum atomic E-state index is -0.395. The van der Waals surface area contributed by atoms with Crippen molar-refractivity contribution in [2.24, 2.45) is 0 Å². The summed E-state index contributed by atoms with van der Waals surface area (Å²) in [5, 5.41) is 3.69. The van der Waals surface area contributed by atoms with Gasteiger partial charge in [-0.05, 0) is 69.5 Å². The summed E-state index contributed by atoms with van der Waals surface area (Å²) in [6.45, 7) is 4.53. The van der Waals surface area contributed by atoms with E-state index in [1.165, 1.54) is 6.07 Å². The molecule has 0 bridgehead atoms. The van der Waals surface area contributed by atoms with E-state index in [0.717, 1.165) is 18.4 Å². The van der Waals surface area contributed by atoms with Crippen molar-refractivity contribution in [1.82, 2.24) is 20.2 Å². The largest absolute Gasteiger partial charge is 0.466 e. The summed E-state index contributed by atoms with van der Waals surface area (Å²) < 4.78 is 5.00.